The number of carbonyl (C=O) groups excluding carboxylic acids is 1. The summed E-state index contributed by atoms with van der Waals surface area (Å²) in [6.45, 7) is 2.70. The summed E-state index contributed by atoms with van der Waals surface area (Å²) in [7, 11) is 1.20. The second-order valence-electron chi connectivity index (χ2n) is 4.46. The minimum atomic E-state index is -0.844. The molecule has 0 aromatic heterocycles. The lowest BCUT2D eigenvalue weighted by Crippen LogP contribution is -2.27. The van der Waals surface area contributed by atoms with Crippen LogP contribution in [0.1, 0.15) is 24.0 Å². The summed E-state index contributed by atoms with van der Waals surface area (Å²) >= 11 is 0. The van der Waals surface area contributed by atoms with Gasteiger partial charge in [-0.1, -0.05) is 19.1 Å². The van der Waals surface area contributed by atoms with Gasteiger partial charge in [0.25, 0.3) is 0 Å². The summed E-state index contributed by atoms with van der Waals surface area (Å²) in [5.41, 5.74) is 0.882. The third kappa shape index (κ3) is 3.74. The maximum atomic E-state index is 13.9. The summed E-state index contributed by atoms with van der Waals surface area (Å²) in [5, 5.41) is 10.7. The Hall–Kier alpha value is -1.98. The summed E-state index contributed by atoms with van der Waals surface area (Å²) in [4.78, 5) is 21.7. The van der Waals surface area contributed by atoms with E-state index in [1.807, 2.05) is 0 Å². The van der Waals surface area contributed by atoms with Crippen molar-refractivity contribution in [2.24, 2.45) is 5.92 Å². The zero-order valence-corrected chi connectivity index (χ0v) is 11.1. The minimum Gasteiger partial charge on any atom is -0.469 e. The van der Waals surface area contributed by atoms with Gasteiger partial charge in [-0.25, -0.2) is 4.39 Å². The fourth-order valence-electron chi connectivity index (χ4n) is 1.97. The highest BCUT2D eigenvalue weighted by Crippen LogP contribution is 2.28. The molecule has 0 radical (unpaired) electrons. The lowest BCUT2D eigenvalue weighted by atomic mass is 9.86. The Morgan fingerprint density at radius 3 is 2.63 bits per heavy atom. The highest BCUT2D eigenvalue weighted by Gasteiger charge is 2.32. The Kier molecular flexibility index (Phi) is 4.97. The van der Waals surface area contributed by atoms with Gasteiger partial charge in [-0.15, -0.1) is 0 Å². The Labute approximate surface area is 110 Å². The highest BCUT2D eigenvalue weighted by atomic mass is 19.1. The average molecular weight is 269 g/mol. The maximum absolute atomic E-state index is 13.9. The van der Waals surface area contributed by atoms with Gasteiger partial charge in [0.2, 0.25) is 6.54 Å². The van der Waals surface area contributed by atoms with E-state index in [0.717, 1.165) is 0 Å². The molecule has 0 aliphatic heterocycles. The van der Waals surface area contributed by atoms with Crippen molar-refractivity contribution in [3.05, 3.63) is 45.3 Å². The molecule has 0 saturated carbocycles. The summed E-state index contributed by atoms with van der Waals surface area (Å²) < 4.78 is 18.5. The van der Waals surface area contributed by atoms with Gasteiger partial charge in [-0.3, -0.25) is 14.9 Å². The number of methoxy groups -OCH3 is 1. The number of ether oxygens (including phenoxy) is 1. The van der Waals surface area contributed by atoms with Crippen LogP contribution in [0.2, 0.25) is 0 Å². The van der Waals surface area contributed by atoms with Crippen LogP contribution < -0.4 is 0 Å². The predicted octanol–water partition coefficient (Wildman–Crippen LogP) is 2.30. The molecule has 2 atom stereocenters. The van der Waals surface area contributed by atoms with Crippen molar-refractivity contribution < 1.29 is 18.8 Å². The monoisotopic (exact) mass is 269 g/mol. The van der Waals surface area contributed by atoms with Gasteiger partial charge in [0.15, 0.2) is 0 Å². The van der Waals surface area contributed by atoms with E-state index in [0.29, 0.717) is 5.56 Å². The Bertz CT molecular complexity index is 490. The first-order chi connectivity index (χ1) is 8.86. The topological polar surface area (TPSA) is 69.4 Å². The molecule has 0 aliphatic carbocycles. The molecule has 6 heteroatoms. The lowest BCUT2D eigenvalue weighted by Gasteiger charge is -2.19. The van der Waals surface area contributed by atoms with Gasteiger partial charge in [-0.2, -0.15) is 0 Å². The van der Waals surface area contributed by atoms with Crippen molar-refractivity contribution in [2.75, 3.05) is 13.7 Å². The van der Waals surface area contributed by atoms with Crippen LogP contribution >= 0.6 is 0 Å². The number of hydrogen-bond acceptors (Lipinski definition) is 4. The second kappa shape index (κ2) is 6.26. The number of halogens is 1. The van der Waals surface area contributed by atoms with Crippen LogP contribution in [-0.2, 0) is 9.53 Å². The first kappa shape index (κ1) is 15.1. The van der Waals surface area contributed by atoms with Crippen molar-refractivity contribution in [1.29, 1.82) is 0 Å². The van der Waals surface area contributed by atoms with Crippen LogP contribution in [0.4, 0.5) is 4.39 Å². The molecule has 0 fully saturated rings. The van der Waals surface area contributed by atoms with E-state index in [-0.39, 0.29) is 5.56 Å². The molecule has 1 aromatic rings. The average Bonchev–Trinajstić information content (AvgIpc) is 2.34. The van der Waals surface area contributed by atoms with Crippen molar-refractivity contribution in [3.63, 3.8) is 0 Å². The number of nitro groups is 1. The van der Waals surface area contributed by atoms with Gasteiger partial charge in [0, 0.05) is 4.92 Å². The fraction of sp³-hybridized carbons (Fsp3) is 0.462. The van der Waals surface area contributed by atoms with E-state index >= 15 is 0 Å². The van der Waals surface area contributed by atoms with Gasteiger partial charge in [0.05, 0.1) is 18.9 Å². The smallest absolute Gasteiger partial charge is 0.309 e. The van der Waals surface area contributed by atoms with Crippen molar-refractivity contribution in [1.82, 2.24) is 0 Å². The van der Waals surface area contributed by atoms with Crippen molar-refractivity contribution >= 4 is 5.97 Å². The molecule has 0 bridgehead atoms. The summed E-state index contributed by atoms with van der Waals surface area (Å²) in [6.07, 6.45) is 0. The van der Waals surface area contributed by atoms with E-state index < -0.39 is 35.1 Å². The zero-order chi connectivity index (χ0) is 14.6. The number of hydrogen-bond donors (Lipinski definition) is 0. The van der Waals surface area contributed by atoms with Crippen LogP contribution in [0.15, 0.2) is 18.2 Å². The van der Waals surface area contributed by atoms with Crippen LogP contribution in [0.5, 0.6) is 0 Å². The number of carbonyl (C=O) groups is 1. The minimum absolute atomic E-state index is 0.167. The Morgan fingerprint density at radius 1 is 1.53 bits per heavy atom. The number of nitrogens with zero attached hydrogens (tertiary/aromatic N) is 1. The van der Waals surface area contributed by atoms with E-state index in [2.05, 4.69) is 4.74 Å². The highest BCUT2D eigenvalue weighted by molar-refractivity contribution is 5.73. The van der Waals surface area contributed by atoms with Crippen LogP contribution in [0, 0.1) is 28.8 Å². The van der Waals surface area contributed by atoms with E-state index in [1.54, 1.807) is 13.0 Å². The van der Waals surface area contributed by atoms with E-state index in [9.17, 15) is 19.3 Å². The van der Waals surface area contributed by atoms with E-state index in [1.165, 1.54) is 26.2 Å². The zero-order valence-electron chi connectivity index (χ0n) is 11.1. The summed E-state index contributed by atoms with van der Waals surface area (Å²) in [6, 6.07) is 4.44. The molecule has 0 spiro atoms. The first-order valence-electron chi connectivity index (χ1n) is 5.82. The van der Waals surface area contributed by atoms with Gasteiger partial charge < -0.3 is 4.74 Å². The summed E-state index contributed by atoms with van der Waals surface area (Å²) in [5.74, 6) is -2.76. The number of rotatable bonds is 5. The molecule has 0 saturated heterocycles. The van der Waals surface area contributed by atoms with Crippen LogP contribution in [0.25, 0.3) is 0 Å². The molecule has 1 rings (SSSR count). The number of benzene rings is 1. The largest absolute Gasteiger partial charge is 0.469 e. The maximum Gasteiger partial charge on any atom is 0.309 e. The van der Waals surface area contributed by atoms with Gasteiger partial charge in [-0.05, 0) is 24.1 Å². The standard InChI is InChI=1S/C13H16FNO4/c1-8-4-5-10(12(14)6-8)11(7-15(17)18)9(2)13(16)19-3/h4-6,9,11H,7H2,1-3H3/t9?,11-/m1/s1. The quantitative estimate of drug-likeness (QED) is 0.467. The van der Waals surface area contributed by atoms with Gasteiger partial charge >= 0.3 is 5.97 Å². The van der Waals surface area contributed by atoms with Crippen molar-refractivity contribution in [2.45, 2.75) is 19.8 Å². The molecule has 0 heterocycles. The van der Waals surface area contributed by atoms with Crippen LogP contribution in [0.3, 0.4) is 0 Å². The number of esters is 1. The van der Waals surface area contributed by atoms with Crippen molar-refractivity contribution in [3.8, 4) is 0 Å². The molecule has 19 heavy (non-hydrogen) atoms. The molecule has 5 nitrogen and oxygen atoms in total. The molecule has 1 aromatic carbocycles. The predicted molar refractivity (Wildman–Crippen MR) is 66.9 cm³/mol. The second-order valence-corrected chi connectivity index (χ2v) is 4.46. The van der Waals surface area contributed by atoms with Gasteiger partial charge in [0.1, 0.15) is 5.82 Å². The third-order valence-corrected chi connectivity index (χ3v) is 3.08. The molecule has 0 amide bonds. The molecule has 1 unspecified atom stereocenters. The fourth-order valence-corrected chi connectivity index (χ4v) is 1.97. The lowest BCUT2D eigenvalue weighted by molar-refractivity contribution is -0.484. The molecule has 104 valence electrons. The first-order valence-corrected chi connectivity index (χ1v) is 5.82. The molecular formula is C13H16FNO4. The molecular weight excluding hydrogens is 253 g/mol. The van der Waals surface area contributed by atoms with E-state index in [4.69, 9.17) is 0 Å². The van der Waals surface area contributed by atoms with Crippen LogP contribution in [-0.4, -0.2) is 24.5 Å². The Morgan fingerprint density at radius 2 is 2.16 bits per heavy atom. The SMILES string of the molecule is COC(=O)C(C)[C@@H](C[N+](=O)[O-])c1ccc(C)cc1F. The normalized spacial score (nSPS) is 13.7. The molecule has 0 N–H and O–H groups in total. The number of aryl methyl sites for hydroxylation is 1. The Balaban J connectivity index is 3.15. The third-order valence-electron chi connectivity index (χ3n) is 3.08. The molecule has 0 aliphatic rings.